The maximum Gasteiger partial charge on any atom is 0.191 e. The van der Waals surface area contributed by atoms with Crippen LogP contribution >= 0.6 is 35.3 Å². The Labute approximate surface area is 162 Å². The van der Waals surface area contributed by atoms with E-state index in [0.717, 1.165) is 25.6 Å². The lowest BCUT2D eigenvalue weighted by molar-refractivity contribution is 0.282. The number of nitrogens with one attached hydrogen (secondary N) is 2. The molecule has 1 aliphatic rings. The fourth-order valence-corrected chi connectivity index (χ4v) is 3.42. The van der Waals surface area contributed by atoms with Crippen LogP contribution in [-0.4, -0.2) is 43.6 Å². The van der Waals surface area contributed by atoms with Gasteiger partial charge in [-0.1, -0.05) is 12.8 Å². The summed E-state index contributed by atoms with van der Waals surface area (Å²) >= 11 is 1.73. The van der Waals surface area contributed by atoms with Crippen LogP contribution in [0.1, 0.15) is 44.6 Å². The molecule has 0 spiro atoms. The fraction of sp³-hybridized carbons (Fsp3) is 0.706. The zero-order chi connectivity index (χ0) is 15.5. The number of hydrogen-bond donors (Lipinski definition) is 2. The minimum Gasteiger partial charge on any atom is -0.357 e. The highest BCUT2D eigenvalue weighted by Crippen LogP contribution is 2.09. The predicted molar refractivity (Wildman–Crippen MR) is 112 cm³/mol. The van der Waals surface area contributed by atoms with Crippen molar-refractivity contribution in [3.63, 3.8) is 0 Å². The first-order valence-corrected chi connectivity index (χ1v) is 9.58. The number of aliphatic imine (C=N–C) groups is 1. The fourth-order valence-electron chi connectivity index (χ4n) is 2.76. The number of thiophene rings is 1. The highest BCUT2D eigenvalue weighted by molar-refractivity contribution is 14.0. The van der Waals surface area contributed by atoms with E-state index in [1.165, 1.54) is 57.3 Å². The number of hydrogen-bond acceptors (Lipinski definition) is 3. The molecule has 1 aliphatic heterocycles. The predicted octanol–water partition coefficient (Wildman–Crippen LogP) is 3.69. The number of rotatable bonds is 7. The molecule has 2 heterocycles. The molecule has 1 saturated heterocycles. The molecule has 132 valence electrons. The van der Waals surface area contributed by atoms with Crippen LogP contribution in [0.2, 0.25) is 0 Å². The third-order valence-electron chi connectivity index (χ3n) is 3.99. The zero-order valence-corrected chi connectivity index (χ0v) is 17.4. The van der Waals surface area contributed by atoms with Gasteiger partial charge in [0.15, 0.2) is 5.96 Å². The van der Waals surface area contributed by atoms with Gasteiger partial charge >= 0.3 is 0 Å². The van der Waals surface area contributed by atoms with Crippen molar-refractivity contribution in [2.75, 3.05) is 32.7 Å². The van der Waals surface area contributed by atoms with E-state index in [1.54, 1.807) is 11.3 Å². The van der Waals surface area contributed by atoms with Crippen LogP contribution < -0.4 is 10.6 Å². The van der Waals surface area contributed by atoms with Crippen LogP contribution in [0.15, 0.2) is 21.8 Å². The smallest absolute Gasteiger partial charge is 0.191 e. The molecular formula is C17H31IN4S. The molecule has 0 amide bonds. The monoisotopic (exact) mass is 450 g/mol. The van der Waals surface area contributed by atoms with Crippen LogP contribution in [0.5, 0.6) is 0 Å². The van der Waals surface area contributed by atoms with E-state index >= 15 is 0 Å². The van der Waals surface area contributed by atoms with Gasteiger partial charge in [0.25, 0.3) is 0 Å². The lowest BCUT2D eigenvalue weighted by Gasteiger charge is -2.20. The minimum absolute atomic E-state index is 0. The van der Waals surface area contributed by atoms with E-state index in [-0.39, 0.29) is 24.0 Å². The van der Waals surface area contributed by atoms with Gasteiger partial charge in [-0.05, 0) is 68.2 Å². The Morgan fingerprint density at radius 1 is 1.22 bits per heavy atom. The van der Waals surface area contributed by atoms with Gasteiger partial charge in [0, 0.05) is 13.1 Å². The lowest BCUT2D eigenvalue weighted by atomic mass is 10.2. The third kappa shape index (κ3) is 8.91. The molecule has 1 aromatic rings. The largest absolute Gasteiger partial charge is 0.357 e. The lowest BCUT2D eigenvalue weighted by Crippen LogP contribution is -2.38. The van der Waals surface area contributed by atoms with Gasteiger partial charge in [-0.3, -0.25) is 0 Å². The van der Waals surface area contributed by atoms with E-state index in [1.807, 2.05) is 0 Å². The number of nitrogens with zero attached hydrogens (tertiary/aromatic N) is 2. The molecule has 1 aromatic heterocycles. The Hall–Kier alpha value is -0.340. The maximum atomic E-state index is 4.64. The Morgan fingerprint density at radius 2 is 2.00 bits per heavy atom. The molecule has 0 aliphatic carbocycles. The summed E-state index contributed by atoms with van der Waals surface area (Å²) in [6, 6.07) is 2.14. The molecule has 1 fully saturated rings. The number of guanidine groups is 1. The van der Waals surface area contributed by atoms with Crippen LogP contribution in [0.3, 0.4) is 0 Å². The van der Waals surface area contributed by atoms with Crippen molar-refractivity contribution in [1.82, 2.24) is 15.5 Å². The van der Waals surface area contributed by atoms with Gasteiger partial charge in [0.05, 0.1) is 6.54 Å². The molecule has 2 N–H and O–H groups in total. The van der Waals surface area contributed by atoms with Crippen LogP contribution in [0.4, 0.5) is 0 Å². The average Bonchev–Trinajstić information content (AvgIpc) is 2.92. The summed E-state index contributed by atoms with van der Waals surface area (Å²) < 4.78 is 0. The van der Waals surface area contributed by atoms with Crippen LogP contribution in [0, 0.1) is 0 Å². The SMILES string of the molecule is CCNC(=NCc1ccsc1)NCCCN1CCCCCC1.I. The highest BCUT2D eigenvalue weighted by atomic mass is 127. The minimum atomic E-state index is 0. The summed E-state index contributed by atoms with van der Waals surface area (Å²) in [6.07, 6.45) is 6.75. The Bertz CT molecular complexity index is 414. The van der Waals surface area contributed by atoms with Gasteiger partial charge in [-0.2, -0.15) is 11.3 Å². The molecule has 2 rings (SSSR count). The Kier molecular flexibility index (Phi) is 11.7. The van der Waals surface area contributed by atoms with Gasteiger partial charge in [0.2, 0.25) is 0 Å². The summed E-state index contributed by atoms with van der Waals surface area (Å²) in [5.41, 5.74) is 1.28. The van der Waals surface area contributed by atoms with Crippen LogP contribution in [-0.2, 0) is 6.54 Å². The number of halogens is 1. The topological polar surface area (TPSA) is 39.7 Å². The van der Waals surface area contributed by atoms with Crippen molar-refractivity contribution in [3.05, 3.63) is 22.4 Å². The molecule has 0 unspecified atom stereocenters. The summed E-state index contributed by atoms with van der Waals surface area (Å²) in [7, 11) is 0. The third-order valence-corrected chi connectivity index (χ3v) is 4.72. The van der Waals surface area contributed by atoms with Gasteiger partial charge in [-0.25, -0.2) is 4.99 Å². The van der Waals surface area contributed by atoms with E-state index in [0.29, 0.717) is 0 Å². The molecule has 4 nitrogen and oxygen atoms in total. The molecule has 0 radical (unpaired) electrons. The van der Waals surface area contributed by atoms with Crippen LogP contribution in [0.25, 0.3) is 0 Å². The first-order valence-electron chi connectivity index (χ1n) is 8.64. The second kappa shape index (κ2) is 13.0. The molecular weight excluding hydrogens is 419 g/mol. The van der Waals surface area contributed by atoms with Gasteiger partial charge in [0.1, 0.15) is 0 Å². The van der Waals surface area contributed by atoms with Crippen molar-refractivity contribution in [3.8, 4) is 0 Å². The average molecular weight is 450 g/mol. The quantitative estimate of drug-likeness (QED) is 0.288. The maximum absolute atomic E-state index is 4.64. The van der Waals surface area contributed by atoms with E-state index in [9.17, 15) is 0 Å². The van der Waals surface area contributed by atoms with Crippen molar-refractivity contribution < 1.29 is 0 Å². The van der Waals surface area contributed by atoms with E-state index < -0.39 is 0 Å². The summed E-state index contributed by atoms with van der Waals surface area (Å²) in [5, 5.41) is 11.0. The summed E-state index contributed by atoms with van der Waals surface area (Å²) in [5.74, 6) is 0.935. The van der Waals surface area contributed by atoms with Crippen molar-refractivity contribution in [1.29, 1.82) is 0 Å². The Morgan fingerprint density at radius 3 is 2.65 bits per heavy atom. The molecule has 0 atom stereocenters. The van der Waals surface area contributed by atoms with Gasteiger partial charge < -0.3 is 15.5 Å². The van der Waals surface area contributed by atoms with Crippen molar-refractivity contribution >= 4 is 41.3 Å². The van der Waals surface area contributed by atoms with Gasteiger partial charge in [-0.15, -0.1) is 24.0 Å². The van der Waals surface area contributed by atoms with Crippen molar-refractivity contribution in [2.24, 2.45) is 4.99 Å². The second-order valence-corrected chi connectivity index (χ2v) is 6.64. The highest BCUT2D eigenvalue weighted by Gasteiger charge is 2.08. The molecule has 6 heteroatoms. The first kappa shape index (κ1) is 20.7. The summed E-state index contributed by atoms with van der Waals surface area (Å²) in [4.78, 5) is 7.26. The standard InChI is InChI=1S/C17H30N4S.HI/c1-2-18-17(20-14-16-8-13-22-15-16)19-9-7-12-21-10-5-3-4-6-11-21;/h8,13,15H,2-7,9-12,14H2,1H3,(H2,18,19,20);1H. The van der Waals surface area contributed by atoms with E-state index in [4.69, 9.17) is 0 Å². The Balaban J connectivity index is 0.00000264. The first-order chi connectivity index (χ1) is 10.9. The summed E-state index contributed by atoms with van der Waals surface area (Å²) in [6.45, 7) is 8.53. The number of likely N-dealkylation sites (tertiary alicyclic amines) is 1. The van der Waals surface area contributed by atoms with E-state index in [2.05, 4.69) is 44.3 Å². The molecule has 0 aromatic carbocycles. The normalized spacial score (nSPS) is 16.5. The molecule has 0 bridgehead atoms. The molecule has 0 saturated carbocycles. The molecule has 23 heavy (non-hydrogen) atoms. The zero-order valence-electron chi connectivity index (χ0n) is 14.2. The second-order valence-electron chi connectivity index (χ2n) is 5.86. The van der Waals surface area contributed by atoms with Crippen molar-refractivity contribution in [2.45, 2.75) is 45.6 Å².